The molecule has 0 saturated heterocycles. The largest absolute Gasteiger partial charge is 0.282 e. The average Bonchev–Trinajstić information content (AvgIpc) is 2.84. The van der Waals surface area contributed by atoms with Crippen LogP contribution < -0.4 is 0 Å². The van der Waals surface area contributed by atoms with Crippen LogP contribution in [0.25, 0.3) is 10.6 Å². The first-order chi connectivity index (χ1) is 7.33. The SMILES string of the molecule is Cc1[nH]nc(-c2cccs2)c1CCC#N. The zero-order valence-corrected chi connectivity index (χ0v) is 9.27. The highest BCUT2D eigenvalue weighted by molar-refractivity contribution is 7.13. The number of aromatic nitrogens is 2. The third-order valence-electron chi connectivity index (χ3n) is 2.32. The fourth-order valence-corrected chi connectivity index (χ4v) is 2.30. The van der Waals surface area contributed by atoms with Crippen LogP contribution >= 0.6 is 11.3 Å². The normalized spacial score (nSPS) is 10.1. The van der Waals surface area contributed by atoms with E-state index in [9.17, 15) is 0 Å². The highest BCUT2D eigenvalue weighted by Gasteiger charge is 2.12. The van der Waals surface area contributed by atoms with Crippen molar-refractivity contribution in [3.05, 3.63) is 28.8 Å². The maximum Gasteiger partial charge on any atom is 0.105 e. The highest BCUT2D eigenvalue weighted by Crippen LogP contribution is 2.28. The minimum absolute atomic E-state index is 0.540. The Hall–Kier alpha value is -1.60. The molecule has 2 aromatic heterocycles. The predicted molar refractivity (Wildman–Crippen MR) is 60.6 cm³/mol. The van der Waals surface area contributed by atoms with Gasteiger partial charge in [0.1, 0.15) is 5.69 Å². The number of rotatable bonds is 3. The van der Waals surface area contributed by atoms with E-state index in [1.807, 2.05) is 18.4 Å². The van der Waals surface area contributed by atoms with E-state index in [4.69, 9.17) is 5.26 Å². The number of hydrogen-bond donors (Lipinski definition) is 1. The molecule has 1 N–H and O–H groups in total. The van der Waals surface area contributed by atoms with Crippen LogP contribution in [-0.4, -0.2) is 10.2 Å². The third kappa shape index (κ3) is 1.92. The van der Waals surface area contributed by atoms with Crippen molar-refractivity contribution in [1.29, 1.82) is 5.26 Å². The van der Waals surface area contributed by atoms with Crippen LogP contribution in [0.15, 0.2) is 17.5 Å². The molecule has 0 saturated carbocycles. The van der Waals surface area contributed by atoms with E-state index < -0.39 is 0 Å². The van der Waals surface area contributed by atoms with E-state index >= 15 is 0 Å². The summed E-state index contributed by atoms with van der Waals surface area (Å²) in [6.07, 6.45) is 1.31. The molecule has 0 fully saturated rings. The number of aromatic amines is 1. The number of aryl methyl sites for hydroxylation is 1. The van der Waals surface area contributed by atoms with Crippen molar-refractivity contribution in [2.24, 2.45) is 0 Å². The van der Waals surface area contributed by atoms with Gasteiger partial charge in [-0.15, -0.1) is 11.3 Å². The fourth-order valence-electron chi connectivity index (χ4n) is 1.56. The van der Waals surface area contributed by atoms with E-state index in [-0.39, 0.29) is 0 Å². The summed E-state index contributed by atoms with van der Waals surface area (Å²) in [5.41, 5.74) is 3.23. The van der Waals surface area contributed by atoms with Gasteiger partial charge < -0.3 is 0 Å². The zero-order valence-electron chi connectivity index (χ0n) is 8.45. The minimum atomic E-state index is 0.540. The van der Waals surface area contributed by atoms with Crippen molar-refractivity contribution in [3.8, 4) is 16.6 Å². The lowest BCUT2D eigenvalue weighted by Crippen LogP contribution is -1.87. The summed E-state index contributed by atoms with van der Waals surface area (Å²) in [4.78, 5) is 1.16. The second-order valence-electron chi connectivity index (χ2n) is 3.31. The standard InChI is InChI=1S/C11H11N3S/c1-8-9(4-2-6-12)11(14-13-8)10-5-3-7-15-10/h3,5,7H,2,4H2,1H3,(H,13,14). The molecule has 76 valence electrons. The number of H-pyrrole nitrogens is 1. The van der Waals surface area contributed by atoms with Crippen molar-refractivity contribution in [1.82, 2.24) is 10.2 Å². The van der Waals surface area contributed by atoms with E-state index in [1.54, 1.807) is 11.3 Å². The average molecular weight is 217 g/mol. The van der Waals surface area contributed by atoms with Crippen LogP contribution in [0.2, 0.25) is 0 Å². The zero-order chi connectivity index (χ0) is 10.7. The van der Waals surface area contributed by atoms with Gasteiger partial charge in [-0.25, -0.2) is 0 Å². The van der Waals surface area contributed by atoms with E-state index in [2.05, 4.69) is 22.3 Å². The molecule has 3 nitrogen and oxygen atoms in total. The molecule has 15 heavy (non-hydrogen) atoms. The Morgan fingerprint density at radius 2 is 2.47 bits per heavy atom. The van der Waals surface area contributed by atoms with Gasteiger partial charge in [0.15, 0.2) is 0 Å². The Balaban J connectivity index is 2.36. The number of thiophene rings is 1. The first kappa shape index (κ1) is 9.94. The molecule has 0 atom stereocenters. The van der Waals surface area contributed by atoms with Gasteiger partial charge in [-0.05, 0) is 24.8 Å². The van der Waals surface area contributed by atoms with E-state index in [0.717, 1.165) is 22.7 Å². The number of nitrogens with zero attached hydrogens (tertiary/aromatic N) is 2. The summed E-state index contributed by atoms with van der Waals surface area (Å²) in [6.45, 7) is 2.00. The second-order valence-corrected chi connectivity index (χ2v) is 4.26. The topological polar surface area (TPSA) is 52.5 Å². The highest BCUT2D eigenvalue weighted by atomic mass is 32.1. The molecule has 2 rings (SSSR count). The Morgan fingerprint density at radius 1 is 1.60 bits per heavy atom. The smallest absolute Gasteiger partial charge is 0.105 e. The number of nitriles is 1. The lowest BCUT2D eigenvalue weighted by Gasteiger charge is -1.98. The van der Waals surface area contributed by atoms with Crippen LogP contribution in [-0.2, 0) is 6.42 Å². The molecule has 2 heterocycles. The summed E-state index contributed by atoms with van der Waals surface area (Å²) < 4.78 is 0. The predicted octanol–water partition coefficient (Wildman–Crippen LogP) is 2.90. The van der Waals surface area contributed by atoms with Crippen LogP contribution in [0, 0.1) is 18.3 Å². The molecule has 0 aliphatic rings. The summed E-state index contributed by atoms with van der Waals surface area (Å²) in [6, 6.07) is 6.23. The Bertz CT molecular complexity index is 476. The lowest BCUT2D eigenvalue weighted by molar-refractivity contribution is 0.992. The second kappa shape index (κ2) is 4.28. The van der Waals surface area contributed by atoms with Gasteiger partial charge in [0.05, 0.1) is 10.9 Å². The van der Waals surface area contributed by atoms with Crippen LogP contribution in [0.4, 0.5) is 0 Å². The molecule has 0 aliphatic heterocycles. The van der Waals surface area contributed by atoms with Gasteiger partial charge in [-0.3, -0.25) is 5.10 Å². The molecule has 0 aliphatic carbocycles. The van der Waals surface area contributed by atoms with E-state index in [0.29, 0.717) is 6.42 Å². The third-order valence-corrected chi connectivity index (χ3v) is 3.19. The Labute approximate surface area is 92.4 Å². The first-order valence-corrected chi connectivity index (χ1v) is 5.65. The Morgan fingerprint density at radius 3 is 3.13 bits per heavy atom. The van der Waals surface area contributed by atoms with Gasteiger partial charge >= 0.3 is 0 Å². The van der Waals surface area contributed by atoms with Crippen LogP contribution in [0.3, 0.4) is 0 Å². The maximum atomic E-state index is 8.60. The van der Waals surface area contributed by atoms with E-state index in [1.165, 1.54) is 5.56 Å². The van der Waals surface area contributed by atoms with Crippen molar-refractivity contribution >= 4 is 11.3 Å². The summed E-state index contributed by atoms with van der Waals surface area (Å²) in [7, 11) is 0. The lowest BCUT2D eigenvalue weighted by atomic mass is 10.1. The van der Waals surface area contributed by atoms with Crippen molar-refractivity contribution in [3.63, 3.8) is 0 Å². The summed E-state index contributed by atoms with van der Waals surface area (Å²) in [5.74, 6) is 0. The molecule has 0 amide bonds. The Kier molecular flexibility index (Phi) is 2.84. The summed E-state index contributed by atoms with van der Waals surface area (Å²) in [5, 5.41) is 17.9. The number of hydrogen-bond acceptors (Lipinski definition) is 3. The minimum Gasteiger partial charge on any atom is -0.282 e. The van der Waals surface area contributed by atoms with Crippen molar-refractivity contribution in [2.75, 3.05) is 0 Å². The van der Waals surface area contributed by atoms with Crippen LogP contribution in [0.5, 0.6) is 0 Å². The molecule has 0 spiro atoms. The van der Waals surface area contributed by atoms with Crippen LogP contribution in [0.1, 0.15) is 17.7 Å². The van der Waals surface area contributed by atoms with Crippen molar-refractivity contribution < 1.29 is 0 Å². The molecule has 0 unspecified atom stereocenters. The van der Waals surface area contributed by atoms with Crippen molar-refractivity contribution in [2.45, 2.75) is 19.8 Å². The van der Waals surface area contributed by atoms with Gasteiger partial charge in [0.25, 0.3) is 0 Å². The maximum absolute atomic E-state index is 8.60. The molecule has 0 bridgehead atoms. The summed E-state index contributed by atoms with van der Waals surface area (Å²) >= 11 is 1.67. The van der Waals surface area contributed by atoms with Gasteiger partial charge in [-0.1, -0.05) is 6.07 Å². The molecular formula is C11H11N3S. The monoisotopic (exact) mass is 217 g/mol. The van der Waals surface area contributed by atoms with Gasteiger partial charge in [-0.2, -0.15) is 10.4 Å². The molecular weight excluding hydrogens is 206 g/mol. The number of nitrogens with one attached hydrogen (secondary N) is 1. The quantitative estimate of drug-likeness (QED) is 0.859. The van der Waals surface area contributed by atoms with Gasteiger partial charge in [0.2, 0.25) is 0 Å². The fraction of sp³-hybridized carbons (Fsp3) is 0.273. The van der Waals surface area contributed by atoms with Gasteiger partial charge in [0, 0.05) is 17.7 Å². The molecule has 0 radical (unpaired) electrons. The first-order valence-electron chi connectivity index (χ1n) is 4.77. The molecule has 4 heteroatoms. The molecule has 2 aromatic rings. The molecule has 0 aromatic carbocycles.